The Hall–Kier alpha value is -0.930. The van der Waals surface area contributed by atoms with Crippen LogP contribution < -0.4 is 0 Å². The third kappa shape index (κ3) is 3.29. The lowest BCUT2D eigenvalue weighted by Crippen LogP contribution is -2.20. The summed E-state index contributed by atoms with van der Waals surface area (Å²) in [4.78, 5) is 12.2. The molecule has 0 amide bonds. The lowest BCUT2D eigenvalue weighted by atomic mass is 9.96. The van der Waals surface area contributed by atoms with Crippen molar-refractivity contribution in [2.45, 2.75) is 6.42 Å². The highest BCUT2D eigenvalue weighted by atomic mass is 32.2. The lowest BCUT2D eigenvalue weighted by molar-refractivity contribution is 0.0957. The number of benzene rings is 1. The average Bonchev–Trinajstić information content (AvgIpc) is 2.35. The summed E-state index contributed by atoms with van der Waals surface area (Å²) in [5, 5.41) is 0. The summed E-state index contributed by atoms with van der Waals surface area (Å²) in [7, 11) is 0. The Morgan fingerprint density at radius 3 is 2.62 bits per heavy atom. The number of thioether (sulfide) groups is 1. The van der Waals surface area contributed by atoms with Crippen molar-refractivity contribution in [2.75, 3.05) is 6.26 Å². The van der Waals surface area contributed by atoms with Gasteiger partial charge >= 0.3 is 0 Å². The molecule has 0 saturated carbocycles. The lowest BCUT2D eigenvalue weighted by Gasteiger charge is -2.13. The third-order valence-corrected chi connectivity index (χ3v) is 3.73. The molecule has 0 aliphatic carbocycles. The van der Waals surface area contributed by atoms with Crippen LogP contribution in [0.3, 0.4) is 0 Å². The van der Waals surface area contributed by atoms with Gasteiger partial charge in [-0.25, -0.2) is 0 Å². The monoisotopic (exact) mass is 250 g/mol. The van der Waals surface area contributed by atoms with E-state index in [-0.39, 0.29) is 11.7 Å². The zero-order valence-electron chi connectivity index (χ0n) is 9.18. The third-order valence-electron chi connectivity index (χ3n) is 2.26. The number of hydrogen-bond acceptors (Lipinski definition) is 3. The van der Waals surface area contributed by atoms with E-state index in [0.29, 0.717) is 12.0 Å². The van der Waals surface area contributed by atoms with Crippen LogP contribution in [0.4, 0.5) is 0 Å². The van der Waals surface area contributed by atoms with Gasteiger partial charge in [0.05, 0.1) is 10.1 Å². The molecule has 1 rings (SSSR count). The van der Waals surface area contributed by atoms with Gasteiger partial charge in [-0.1, -0.05) is 48.6 Å². The smallest absolute Gasteiger partial charge is 0.172 e. The molecule has 0 bridgehead atoms. The fourth-order valence-corrected chi connectivity index (χ4v) is 2.11. The van der Waals surface area contributed by atoms with E-state index in [1.807, 2.05) is 36.6 Å². The largest absolute Gasteiger partial charge is 0.293 e. The standard InChI is InChI=1S/C13H14OS2/c1-3-7-11(13(15)16-2)12(14)10-8-5-4-6-9-10/h3-6,8-9,11H,1,7H2,2H3. The second kappa shape index (κ2) is 6.61. The van der Waals surface area contributed by atoms with Crippen LogP contribution in [0.25, 0.3) is 0 Å². The first-order valence-corrected chi connectivity index (χ1v) is 6.62. The summed E-state index contributed by atoms with van der Waals surface area (Å²) in [5.41, 5.74) is 0.714. The molecule has 0 aliphatic heterocycles. The van der Waals surface area contributed by atoms with Crippen molar-refractivity contribution in [3.8, 4) is 0 Å². The molecule has 1 atom stereocenters. The van der Waals surface area contributed by atoms with Crippen LogP contribution in [0, 0.1) is 5.92 Å². The molecule has 0 spiro atoms. The molecule has 0 aliphatic rings. The molecule has 1 nitrogen and oxygen atoms in total. The Labute approximate surface area is 106 Å². The van der Waals surface area contributed by atoms with Crippen LogP contribution in [-0.2, 0) is 0 Å². The summed E-state index contributed by atoms with van der Waals surface area (Å²) in [6.07, 6.45) is 4.25. The van der Waals surface area contributed by atoms with Gasteiger partial charge in [0.25, 0.3) is 0 Å². The van der Waals surface area contributed by atoms with Gasteiger partial charge in [-0.2, -0.15) is 0 Å². The molecule has 0 N–H and O–H groups in total. The number of allylic oxidation sites excluding steroid dienone is 1. The average molecular weight is 250 g/mol. The predicted molar refractivity (Wildman–Crippen MR) is 75.2 cm³/mol. The van der Waals surface area contributed by atoms with Crippen LogP contribution >= 0.6 is 24.0 Å². The van der Waals surface area contributed by atoms with Crippen LogP contribution in [0.15, 0.2) is 43.0 Å². The molecule has 0 heterocycles. The first-order valence-electron chi connectivity index (χ1n) is 4.98. The molecule has 1 aromatic carbocycles. The number of hydrogen-bond donors (Lipinski definition) is 0. The highest BCUT2D eigenvalue weighted by molar-refractivity contribution is 8.22. The maximum atomic E-state index is 12.2. The van der Waals surface area contributed by atoms with Gasteiger partial charge in [-0.15, -0.1) is 18.3 Å². The van der Waals surface area contributed by atoms with Crippen molar-refractivity contribution in [2.24, 2.45) is 5.92 Å². The number of ketones is 1. The van der Waals surface area contributed by atoms with Gasteiger partial charge < -0.3 is 0 Å². The van der Waals surface area contributed by atoms with Crippen molar-refractivity contribution in [1.29, 1.82) is 0 Å². The molecule has 3 heteroatoms. The predicted octanol–water partition coefficient (Wildman–Crippen LogP) is 3.75. The van der Waals surface area contributed by atoms with Gasteiger partial charge in [0.1, 0.15) is 0 Å². The highest BCUT2D eigenvalue weighted by Gasteiger charge is 2.22. The molecule has 84 valence electrons. The zero-order chi connectivity index (χ0) is 12.0. The molecular formula is C13H14OS2. The summed E-state index contributed by atoms with van der Waals surface area (Å²) >= 11 is 6.67. The Morgan fingerprint density at radius 1 is 1.50 bits per heavy atom. The maximum Gasteiger partial charge on any atom is 0.172 e. The van der Waals surface area contributed by atoms with Gasteiger partial charge in [0, 0.05) is 5.56 Å². The summed E-state index contributed by atoms with van der Waals surface area (Å²) in [5.74, 6) is -0.148. The summed E-state index contributed by atoms with van der Waals surface area (Å²) < 4.78 is 0.730. The minimum absolute atomic E-state index is 0.0832. The first kappa shape index (κ1) is 13.1. The molecule has 0 saturated heterocycles. The Bertz CT molecular complexity index is 384. The van der Waals surface area contributed by atoms with E-state index in [0.717, 1.165) is 4.20 Å². The maximum absolute atomic E-state index is 12.2. The van der Waals surface area contributed by atoms with E-state index >= 15 is 0 Å². The molecule has 0 aromatic heterocycles. The van der Waals surface area contributed by atoms with Gasteiger partial charge in [-0.3, -0.25) is 4.79 Å². The molecule has 1 unspecified atom stereocenters. The van der Waals surface area contributed by atoms with Gasteiger partial charge in [0.2, 0.25) is 0 Å². The Balaban J connectivity index is 2.91. The molecule has 1 aromatic rings. The Kier molecular flexibility index (Phi) is 5.43. The highest BCUT2D eigenvalue weighted by Crippen LogP contribution is 2.20. The summed E-state index contributed by atoms with van der Waals surface area (Å²) in [6, 6.07) is 9.26. The van der Waals surface area contributed by atoms with E-state index in [4.69, 9.17) is 12.2 Å². The van der Waals surface area contributed by atoms with Gasteiger partial charge in [-0.05, 0) is 12.7 Å². The number of thiocarbonyl (C=S) groups is 1. The Morgan fingerprint density at radius 2 is 2.12 bits per heavy atom. The summed E-state index contributed by atoms with van der Waals surface area (Å²) in [6.45, 7) is 3.67. The van der Waals surface area contributed by atoms with Crippen LogP contribution in [0.1, 0.15) is 16.8 Å². The van der Waals surface area contributed by atoms with Crippen LogP contribution in [0.2, 0.25) is 0 Å². The number of rotatable bonds is 5. The van der Waals surface area contributed by atoms with E-state index in [9.17, 15) is 4.79 Å². The fraction of sp³-hybridized carbons (Fsp3) is 0.231. The molecular weight excluding hydrogens is 236 g/mol. The second-order valence-corrected chi connectivity index (χ2v) is 4.88. The van der Waals surface area contributed by atoms with Crippen molar-refractivity contribution in [1.82, 2.24) is 0 Å². The van der Waals surface area contributed by atoms with Gasteiger partial charge in [0.15, 0.2) is 5.78 Å². The van der Waals surface area contributed by atoms with Crippen LogP contribution in [0.5, 0.6) is 0 Å². The molecule has 0 fully saturated rings. The van der Waals surface area contributed by atoms with E-state index < -0.39 is 0 Å². The zero-order valence-corrected chi connectivity index (χ0v) is 10.8. The van der Waals surface area contributed by atoms with Crippen molar-refractivity contribution in [3.63, 3.8) is 0 Å². The fourth-order valence-electron chi connectivity index (χ4n) is 1.42. The first-order chi connectivity index (χ1) is 7.70. The number of carbonyl (C=O) groups excluding carboxylic acids is 1. The second-order valence-electron chi connectivity index (χ2n) is 3.33. The van der Waals surface area contributed by atoms with E-state index in [2.05, 4.69) is 6.58 Å². The minimum Gasteiger partial charge on any atom is -0.293 e. The van der Waals surface area contributed by atoms with Crippen LogP contribution in [-0.4, -0.2) is 16.2 Å². The van der Waals surface area contributed by atoms with Crippen molar-refractivity contribution in [3.05, 3.63) is 48.6 Å². The normalized spacial score (nSPS) is 11.8. The quantitative estimate of drug-likeness (QED) is 0.450. The van der Waals surface area contributed by atoms with E-state index in [1.54, 1.807) is 6.08 Å². The van der Waals surface area contributed by atoms with Crippen molar-refractivity contribution < 1.29 is 4.79 Å². The van der Waals surface area contributed by atoms with E-state index in [1.165, 1.54) is 11.8 Å². The SMILES string of the molecule is C=CCC(C(=O)c1ccccc1)C(=S)SC. The van der Waals surface area contributed by atoms with Crippen molar-refractivity contribution >= 4 is 34.0 Å². The molecule has 16 heavy (non-hydrogen) atoms. The number of Topliss-reactive ketones (excluding diaryl/α,β-unsaturated/α-hetero) is 1. The topological polar surface area (TPSA) is 17.1 Å². The minimum atomic E-state index is -0.232. The molecule has 0 radical (unpaired) electrons. The number of carbonyl (C=O) groups is 1.